The number of nitrogens with two attached hydrogens (primary N) is 1. The number of carbonyl (C=O) groups excluding carboxylic acids is 1. The molecule has 0 aliphatic rings. The zero-order valence-corrected chi connectivity index (χ0v) is 10.9. The molecular formula is C15H14F2N2O. The number of halogens is 2. The number of rotatable bonds is 3. The predicted octanol–water partition coefficient (Wildman–Crippen LogP) is 2.70. The summed E-state index contributed by atoms with van der Waals surface area (Å²) in [5.41, 5.74) is 6.29. The van der Waals surface area contributed by atoms with Crippen LogP contribution < -0.4 is 10.6 Å². The van der Waals surface area contributed by atoms with Gasteiger partial charge in [-0.1, -0.05) is 24.3 Å². The van der Waals surface area contributed by atoms with E-state index in [1.807, 2.05) is 0 Å². The van der Waals surface area contributed by atoms with Gasteiger partial charge in [0.1, 0.15) is 17.2 Å². The van der Waals surface area contributed by atoms with E-state index in [2.05, 4.69) is 0 Å². The Balaban J connectivity index is 2.43. The Hall–Kier alpha value is -2.27. The van der Waals surface area contributed by atoms with Gasteiger partial charge in [-0.25, -0.2) is 8.78 Å². The Bertz CT molecular complexity index is 623. The molecule has 2 rings (SSSR count). The molecule has 0 saturated heterocycles. The molecule has 0 spiro atoms. The van der Waals surface area contributed by atoms with E-state index in [1.165, 1.54) is 18.0 Å². The number of amides is 1. The van der Waals surface area contributed by atoms with Crippen molar-refractivity contribution < 1.29 is 13.6 Å². The monoisotopic (exact) mass is 276 g/mol. The molecule has 0 aromatic heterocycles. The second-order valence-corrected chi connectivity index (χ2v) is 4.29. The first-order chi connectivity index (χ1) is 9.56. The van der Waals surface area contributed by atoms with Crippen LogP contribution in [0.4, 0.5) is 14.5 Å². The predicted molar refractivity (Wildman–Crippen MR) is 73.4 cm³/mol. The van der Waals surface area contributed by atoms with Gasteiger partial charge in [0, 0.05) is 19.3 Å². The summed E-state index contributed by atoms with van der Waals surface area (Å²) in [6.45, 7) is 0.230. The molecule has 1 amide bonds. The molecule has 0 aliphatic carbocycles. The Morgan fingerprint density at radius 1 is 1.10 bits per heavy atom. The van der Waals surface area contributed by atoms with E-state index in [0.717, 1.165) is 17.7 Å². The number of para-hydroxylation sites is 1. The van der Waals surface area contributed by atoms with Gasteiger partial charge in [0.15, 0.2) is 0 Å². The molecule has 0 unspecified atom stereocenters. The summed E-state index contributed by atoms with van der Waals surface area (Å²) in [4.78, 5) is 13.5. The van der Waals surface area contributed by atoms with Crippen molar-refractivity contribution in [2.75, 3.05) is 11.9 Å². The second kappa shape index (κ2) is 5.79. The average molecular weight is 276 g/mol. The normalized spacial score (nSPS) is 10.4. The van der Waals surface area contributed by atoms with Crippen molar-refractivity contribution in [3.05, 3.63) is 65.2 Å². The molecule has 104 valence electrons. The lowest BCUT2D eigenvalue weighted by atomic mass is 10.1. The van der Waals surface area contributed by atoms with Crippen LogP contribution in [0.25, 0.3) is 0 Å². The highest BCUT2D eigenvalue weighted by atomic mass is 19.1. The lowest BCUT2D eigenvalue weighted by Crippen LogP contribution is -2.29. The van der Waals surface area contributed by atoms with Crippen molar-refractivity contribution >= 4 is 11.6 Å². The van der Waals surface area contributed by atoms with Crippen LogP contribution in [0.15, 0.2) is 42.5 Å². The Kier molecular flexibility index (Phi) is 4.10. The molecule has 0 bridgehead atoms. The van der Waals surface area contributed by atoms with Gasteiger partial charge in [0.05, 0.1) is 0 Å². The maximum Gasteiger partial charge on any atom is 0.263 e. The number of hydrogen-bond acceptors (Lipinski definition) is 2. The second-order valence-electron chi connectivity index (χ2n) is 4.29. The maximum absolute atomic E-state index is 13.6. The van der Waals surface area contributed by atoms with Crippen molar-refractivity contribution in [1.82, 2.24) is 0 Å². The summed E-state index contributed by atoms with van der Waals surface area (Å²) in [7, 11) is 1.46. The summed E-state index contributed by atoms with van der Waals surface area (Å²) in [5.74, 6) is -2.51. The minimum atomic E-state index is -0.882. The molecule has 3 nitrogen and oxygen atoms in total. The van der Waals surface area contributed by atoms with Gasteiger partial charge in [0.25, 0.3) is 5.91 Å². The van der Waals surface area contributed by atoms with Crippen LogP contribution in [0, 0.1) is 11.6 Å². The highest BCUT2D eigenvalue weighted by molar-refractivity contribution is 6.06. The topological polar surface area (TPSA) is 46.3 Å². The molecule has 2 aromatic rings. The van der Waals surface area contributed by atoms with Gasteiger partial charge < -0.3 is 10.6 Å². The first kappa shape index (κ1) is 14.1. The lowest BCUT2D eigenvalue weighted by molar-refractivity contribution is 0.0984. The maximum atomic E-state index is 13.6. The van der Waals surface area contributed by atoms with Crippen molar-refractivity contribution in [2.45, 2.75) is 6.54 Å². The quantitative estimate of drug-likeness (QED) is 0.937. The smallest absolute Gasteiger partial charge is 0.263 e. The first-order valence-corrected chi connectivity index (χ1v) is 6.06. The molecule has 5 heteroatoms. The molecule has 2 N–H and O–H groups in total. The Morgan fingerprint density at radius 2 is 1.70 bits per heavy atom. The summed E-state index contributed by atoms with van der Waals surface area (Å²) < 4.78 is 27.3. The van der Waals surface area contributed by atoms with Gasteiger partial charge in [-0.3, -0.25) is 4.79 Å². The summed E-state index contributed by atoms with van der Waals surface area (Å²) >= 11 is 0. The van der Waals surface area contributed by atoms with Crippen LogP contribution in [0.3, 0.4) is 0 Å². The van der Waals surface area contributed by atoms with Gasteiger partial charge >= 0.3 is 0 Å². The molecule has 0 radical (unpaired) electrons. The molecule has 0 aliphatic heterocycles. The molecule has 0 heterocycles. The van der Waals surface area contributed by atoms with E-state index in [-0.39, 0.29) is 6.54 Å². The third-order valence-corrected chi connectivity index (χ3v) is 3.05. The fourth-order valence-corrected chi connectivity index (χ4v) is 1.99. The molecule has 20 heavy (non-hydrogen) atoms. The molecule has 0 atom stereocenters. The van der Waals surface area contributed by atoms with Crippen LogP contribution in [0.1, 0.15) is 15.9 Å². The zero-order chi connectivity index (χ0) is 14.7. The largest absolute Gasteiger partial charge is 0.326 e. The van der Waals surface area contributed by atoms with Crippen LogP contribution >= 0.6 is 0 Å². The van der Waals surface area contributed by atoms with E-state index in [1.54, 1.807) is 24.3 Å². The molecule has 2 aromatic carbocycles. The number of anilines is 1. The van der Waals surface area contributed by atoms with E-state index < -0.39 is 23.1 Å². The fourth-order valence-electron chi connectivity index (χ4n) is 1.99. The Morgan fingerprint density at radius 3 is 2.30 bits per heavy atom. The van der Waals surface area contributed by atoms with Crippen molar-refractivity contribution in [3.63, 3.8) is 0 Å². The fraction of sp³-hybridized carbons (Fsp3) is 0.133. The first-order valence-electron chi connectivity index (χ1n) is 6.06. The lowest BCUT2D eigenvalue weighted by Gasteiger charge is -2.20. The standard InChI is InChI=1S/C15H14F2N2O/c1-19(13-8-3-2-5-10(13)9-18)15(20)14-11(16)6-4-7-12(14)17/h2-8H,9,18H2,1H3. The minimum Gasteiger partial charge on any atom is -0.326 e. The SMILES string of the molecule is CN(C(=O)c1c(F)cccc1F)c1ccccc1CN. The van der Waals surface area contributed by atoms with Gasteiger partial charge in [-0.05, 0) is 23.8 Å². The van der Waals surface area contributed by atoms with Crippen molar-refractivity contribution in [2.24, 2.45) is 5.73 Å². The van der Waals surface area contributed by atoms with Crippen LogP contribution in [0.5, 0.6) is 0 Å². The van der Waals surface area contributed by atoms with Crippen molar-refractivity contribution in [3.8, 4) is 0 Å². The Labute approximate surface area is 115 Å². The van der Waals surface area contributed by atoms with E-state index in [9.17, 15) is 13.6 Å². The number of nitrogens with zero attached hydrogens (tertiary/aromatic N) is 1. The summed E-state index contributed by atoms with van der Waals surface area (Å²) in [6.07, 6.45) is 0. The zero-order valence-electron chi connectivity index (χ0n) is 10.9. The highest BCUT2D eigenvalue weighted by Crippen LogP contribution is 2.22. The van der Waals surface area contributed by atoms with Crippen LogP contribution in [0.2, 0.25) is 0 Å². The number of carbonyl (C=O) groups is 1. The summed E-state index contributed by atoms with van der Waals surface area (Å²) in [5, 5.41) is 0. The average Bonchev–Trinajstić information content (AvgIpc) is 2.46. The number of benzene rings is 2. The number of hydrogen-bond donors (Lipinski definition) is 1. The summed E-state index contributed by atoms with van der Waals surface area (Å²) in [6, 6.07) is 10.3. The van der Waals surface area contributed by atoms with Crippen molar-refractivity contribution in [1.29, 1.82) is 0 Å². The molecule has 0 fully saturated rings. The molecule has 0 saturated carbocycles. The third kappa shape index (κ3) is 2.53. The third-order valence-electron chi connectivity index (χ3n) is 3.05. The van der Waals surface area contributed by atoms with E-state index in [4.69, 9.17) is 5.73 Å². The van der Waals surface area contributed by atoms with Gasteiger partial charge in [-0.2, -0.15) is 0 Å². The molecular weight excluding hydrogens is 262 g/mol. The van der Waals surface area contributed by atoms with Crippen LogP contribution in [-0.4, -0.2) is 13.0 Å². The minimum absolute atomic E-state index is 0.230. The highest BCUT2D eigenvalue weighted by Gasteiger charge is 2.22. The van der Waals surface area contributed by atoms with E-state index >= 15 is 0 Å². The van der Waals surface area contributed by atoms with Gasteiger partial charge in [0.2, 0.25) is 0 Å². The van der Waals surface area contributed by atoms with E-state index in [0.29, 0.717) is 5.69 Å². The van der Waals surface area contributed by atoms with Crippen LogP contribution in [-0.2, 0) is 6.54 Å². The van der Waals surface area contributed by atoms with Gasteiger partial charge in [-0.15, -0.1) is 0 Å².